The molecule has 2 rings (SSSR count). The molecular weight excluding hydrogens is 318 g/mol. The van der Waals surface area contributed by atoms with Crippen LogP contribution in [0.2, 0.25) is 0 Å². The van der Waals surface area contributed by atoms with Gasteiger partial charge in [-0.3, -0.25) is 4.90 Å². The predicted molar refractivity (Wildman–Crippen MR) is 85.6 cm³/mol. The summed E-state index contributed by atoms with van der Waals surface area (Å²) < 4.78 is 12.7. The number of ether oxygens (including phenoxy) is 2. The molecule has 3 nitrogen and oxygen atoms in total. The van der Waals surface area contributed by atoms with E-state index in [9.17, 15) is 0 Å². The Morgan fingerprint density at radius 1 is 1.25 bits per heavy atom. The lowest BCUT2D eigenvalue weighted by Crippen LogP contribution is -2.46. The number of morpholine rings is 1. The average Bonchev–Trinajstić information content (AvgIpc) is 2.31. The van der Waals surface area contributed by atoms with E-state index in [0.29, 0.717) is 18.8 Å². The Morgan fingerprint density at radius 3 is 2.50 bits per heavy atom. The van der Waals surface area contributed by atoms with Gasteiger partial charge >= 0.3 is 0 Å². The quantitative estimate of drug-likeness (QED) is 0.835. The molecule has 1 aromatic carbocycles. The molecule has 0 saturated carbocycles. The molecule has 4 heteroatoms. The normalized spacial score (nSPS) is 23.9. The SMILES string of the molecule is Cc1cc(C)c(OCCN2C[C@H](C)O[C@@H](C)C2)c(Br)c1. The van der Waals surface area contributed by atoms with Crippen molar-refractivity contribution in [3.8, 4) is 5.75 Å². The monoisotopic (exact) mass is 341 g/mol. The van der Waals surface area contributed by atoms with Crippen molar-refractivity contribution < 1.29 is 9.47 Å². The number of rotatable bonds is 4. The molecule has 0 unspecified atom stereocenters. The number of hydrogen-bond donors (Lipinski definition) is 0. The van der Waals surface area contributed by atoms with Crippen molar-refractivity contribution in [2.24, 2.45) is 0 Å². The van der Waals surface area contributed by atoms with Crippen LogP contribution in [0.5, 0.6) is 5.75 Å². The lowest BCUT2D eigenvalue weighted by atomic mass is 10.1. The van der Waals surface area contributed by atoms with Gasteiger partial charge in [0.15, 0.2) is 0 Å². The molecule has 1 saturated heterocycles. The first-order chi connectivity index (χ1) is 9.45. The van der Waals surface area contributed by atoms with Crippen LogP contribution < -0.4 is 4.74 Å². The molecule has 0 bridgehead atoms. The van der Waals surface area contributed by atoms with Gasteiger partial charge in [-0.15, -0.1) is 0 Å². The summed E-state index contributed by atoms with van der Waals surface area (Å²) in [6, 6.07) is 4.25. The van der Waals surface area contributed by atoms with Gasteiger partial charge < -0.3 is 9.47 Å². The fraction of sp³-hybridized carbons (Fsp3) is 0.625. The largest absolute Gasteiger partial charge is 0.491 e. The van der Waals surface area contributed by atoms with Crippen LogP contribution in [-0.2, 0) is 4.74 Å². The summed E-state index contributed by atoms with van der Waals surface area (Å²) in [7, 11) is 0. The van der Waals surface area contributed by atoms with Crippen LogP contribution in [0.25, 0.3) is 0 Å². The smallest absolute Gasteiger partial charge is 0.136 e. The highest BCUT2D eigenvalue weighted by atomic mass is 79.9. The third-order valence-corrected chi connectivity index (χ3v) is 4.11. The van der Waals surface area contributed by atoms with Crippen LogP contribution in [0.4, 0.5) is 0 Å². The summed E-state index contributed by atoms with van der Waals surface area (Å²) in [6.07, 6.45) is 0.623. The fourth-order valence-electron chi connectivity index (χ4n) is 2.83. The molecule has 0 amide bonds. The molecule has 1 heterocycles. The van der Waals surface area contributed by atoms with Crippen LogP contribution >= 0.6 is 15.9 Å². The molecule has 0 spiro atoms. The summed E-state index contributed by atoms with van der Waals surface area (Å²) in [6.45, 7) is 12.1. The van der Waals surface area contributed by atoms with Gasteiger partial charge in [-0.05, 0) is 60.8 Å². The number of nitrogens with zero attached hydrogens (tertiary/aromatic N) is 1. The first kappa shape index (κ1) is 15.8. The molecule has 1 aliphatic rings. The van der Waals surface area contributed by atoms with Crippen molar-refractivity contribution in [3.05, 3.63) is 27.7 Å². The highest BCUT2D eigenvalue weighted by Gasteiger charge is 2.21. The molecule has 112 valence electrons. The zero-order chi connectivity index (χ0) is 14.7. The number of halogens is 1. The predicted octanol–water partition coefficient (Wildman–Crippen LogP) is 3.55. The van der Waals surface area contributed by atoms with Crippen LogP contribution in [0.1, 0.15) is 25.0 Å². The van der Waals surface area contributed by atoms with Gasteiger partial charge in [0.25, 0.3) is 0 Å². The first-order valence-electron chi connectivity index (χ1n) is 7.23. The molecule has 0 radical (unpaired) electrons. The van der Waals surface area contributed by atoms with Gasteiger partial charge in [-0.1, -0.05) is 6.07 Å². The van der Waals surface area contributed by atoms with Crippen molar-refractivity contribution in [3.63, 3.8) is 0 Å². The Morgan fingerprint density at radius 2 is 1.90 bits per heavy atom. The zero-order valence-corrected chi connectivity index (χ0v) is 14.4. The van der Waals surface area contributed by atoms with E-state index < -0.39 is 0 Å². The minimum atomic E-state index is 0.312. The molecule has 0 aliphatic carbocycles. The van der Waals surface area contributed by atoms with Crippen molar-refractivity contribution in [2.45, 2.75) is 39.9 Å². The Hall–Kier alpha value is -0.580. The molecular formula is C16H24BrNO2. The van der Waals surface area contributed by atoms with Gasteiger partial charge in [-0.2, -0.15) is 0 Å². The van der Waals surface area contributed by atoms with Gasteiger partial charge in [0.2, 0.25) is 0 Å². The Bertz CT molecular complexity index is 431. The van der Waals surface area contributed by atoms with Crippen LogP contribution in [0, 0.1) is 13.8 Å². The van der Waals surface area contributed by atoms with Crippen LogP contribution in [0.3, 0.4) is 0 Å². The van der Waals surface area contributed by atoms with E-state index in [1.165, 1.54) is 11.1 Å². The summed E-state index contributed by atoms with van der Waals surface area (Å²) in [4.78, 5) is 2.41. The van der Waals surface area contributed by atoms with E-state index in [2.05, 4.69) is 60.7 Å². The summed E-state index contributed by atoms with van der Waals surface area (Å²) >= 11 is 3.58. The van der Waals surface area contributed by atoms with Gasteiger partial charge in [0, 0.05) is 19.6 Å². The van der Waals surface area contributed by atoms with E-state index in [1.807, 2.05) is 0 Å². The summed E-state index contributed by atoms with van der Waals surface area (Å²) in [5.41, 5.74) is 2.43. The van der Waals surface area contributed by atoms with Gasteiger partial charge in [-0.25, -0.2) is 0 Å². The fourth-order valence-corrected chi connectivity index (χ4v) is 3.62. The Balaban J connectivity index is 1.87. The first-order valence-corrected chi connectivity index (χ1v) is 8.02. The van der Waals surface area contributed by atoms with Crippen molar-refractivity contribution >= 4 is 15.9 Å². The average molecular weight is 342 g/mol. The third kappa shape index (κ3) is 4.21. The molecule has 0 N–H and O–H groups in total. The Labute approximate surface area is 130 Å². The zero-order valence-electron chi connectivity index (χ0n) is 12.8. The molecule has 1 aliphatic heterocycles. The van der Waals surface area contributed by atoms with E-state index >= 15 is 0 Å². The topological polar surface area (TPSA) is 21.7 Å². The van der Waals surface area contributed by atoms with Crippen LogP contribution in [-0.4, -0.2) is 43.3 Å². The molecule has 0 aromatic heterocycles. The third-order valence-electron chi connectivity index (χ3n) is 3.52. The van der Waals surface area contributed by atoms with Gasteiger partial charge in [0.05, 0.1) is 16.7 Å². The standard InChI is InChI=1S/C16H24BrNO2/c1-11-7-12(2)16(15(17)8-11)19-6-5-18-9-13(3)20-14(4)10-18/h7-8,13-14H,5-6,9-10H2,1-4H3/t13-,14-/m0/s1. The number of aryl methyl sites for hydroxylation is 2. The molecule has 1 fully saturated rings. The molecule has 20 heavy (non-hydrogen) atoms. The lowest BCUT2D eigenvalue weighted by Gasteiger charge is -2.35. The van der Waals surface area contributed by atoms with Crippen molar-refractivity contribution in [1.82, 2.24) is 4.90 Å². The second kappa shape index (κ2) is 6.92. The highest BCUT2D eigenvalue weighted by molar-refractivity contribution is 9.10. The maximum Gasteiger partial charge on any atom is 0.136 e. The lowest BCUT2D eigenvalue weighted by molar-refractivity contribution is -0.0699. The van der Waals surface area contributed by atoms with Crippen LogP contribution in [0.15, 0.2) is 16.6 Å². The van der Waals surface area contributed by atoms with Crippen molar-refractivity contribution in [1.29, 1.82) is 0 Å². The highest BCUT2D eigenvalue weighted by Crippen LogP contribution is 2.30. The summed E-state index contributed by atoms with van der Waals surface area (Å²) in [5, 5.41) is 0. The minimum absolute atomic E-state index is 0.312. The number of benzene rings is 1. The van der Waals surface area contributed by atoms with E-state index in [1.54, 1.807) is 0 Å². The van der Waals surface area contributed by atoms with E-state index in [0.717, 1.165) is 29.9 Å². The Kier molecular flexibility index (Phi) is 5.47. The van der Waals surface area contributed by atoms with Gasteiger partial charge in [0.1, 0.15) is 12.4 Å². The van der Waals surface area contributed by atoms with Crippen molar-refractivity contribution in [2.75, 3.05) is 26.2 Å². The molecule has 2 atom stereocenters. The maximum atomic E-state index is 5.97. The van der Waals surface area contributed by atoms with E-state index in [4.69, 9.17) is 9.47 Å². The second-order valence-corrected chi connectivity index (χ2v) is 6.61. The minimum Gasteiger partial charge on any atom is -0.491 e. The maximum absolute atomic E-state index is 5.97. The summed E-state index contributed by atoms with van der Waals surface area (Å²) in [5.74, 6) is 0.963. The molecule has 1 aromatic rings. The number of hydrogen-bond acceptors (Lipinski definition) is 3. The van der Waals surface area contributed by atoms with E-state index in [-0.39, 0.29) is 0 Å². The second-order valence-electron chi connectivity index (χ2n) is 5.76.